The van der Waals surface area contributed by atoms with Crippen molar-refractivity contribution in [2.45, 2.75) is 30.3 Å². The van der Waals surface area contributed by atoms with E-state index in [4.69, 9.17) is 23.2 Å². The first-order valence-electron chi connectivity index (χ1n) is 8.11. The van der Waals surface area contributed by atoms with Gasteiger partial charge in [-0.2, -0.15) is 4.31 Å². The summed E-state index contributed by atoms with van der Waals surface area (Å²) in [6, 6.07) is 11.4. The summed E-state index contributed by atoms with van der Waals surface area (Å²) in [6.45, 7) is 0.197. The van der Waals surface area contributed by atoms with Crippen LogP contribution >= 0.6 is 23.2 Å². The maximum atomic E-state index is 13.2. The fraction of sp³-hybridized carbons (Fsp3) is 0.278. The van der Waals surface area contributed by atoms with Gasteiger partial charge in [0.2, 0.25) is 10.0 Å². The first-order valence-corrected chi connectivity index (χ1v) is 10.3. The lowest BCUT2D eigenvalue weighted by atomic mass is 10.1. The van der Waals surface area contributed by atoms with Crippen LogP contribution in [0.3, 0.4) is 0 Å². The molecule has 0 heterocycles. The van der Waals surface area contributed by atoms with Crippen LogP contribution in [0.4, 0.5) is 0 Å². The number of nitrogens with zero attached hydrogens (tertiary/aromatic N) is 1. The van der Waals surface area contributed by atoms with Gasteiger partial charge in [-0.25, -0.2) is 8.42 Å². The predicted molar refractivity (Wildman–Crippen MR) is 102 cm³/mol. The molecule has 1 N–H and O–H groups in total. The number of benzene rings is 2. The molecule has 8 heteroatoms. The highest BCUT2D eigenvalue weighted by atomic mass is 35.5. The second-order valence-corrected chi connectivity index (χ2v) is 8.75. The second kappa shape index (κ2) is 7.56. The molecule has 2 aromatic carbocycles. The van der Waals surface area contributed by atoms with Crippen molar-refractivity contribution in [1.82, 2.24) is 9.62 Å². The number of sulfonamides is 1. The smallest absolute Gasteiger partial charge is 0.251 e. The number of hydrogen-bond acceptors (Lipinski definition) is 3. The van der Waals surface area contributed by atoms with Gasteiger partial charge in [-0.15, -0.1) is 0 Å². The van der Waals surface area contributed by atoms with E-state index in [2.05, 4.69) is 5.32 Å². The third kappa shape index (κ3) is 3.88. The first kappa shape index (κ1) is 19.2. The summed E-state index contributed by atoms with van der Waals surface area (Å²) >= 11 is 12.2. The van der Waals surface area contributed by atoms with Crippen LogP contribution in [0, 0.1) is 0 Å². The fourth-order valence-corrected chi connectivity index (χ4v) is 5.47. The van der Waals surface area contributed by atoms with Gasteiger partial charge in [-0.05, 0) is 42.7 Å². The van der Waals surface area contributed by atoms with Crippen LogP contribution in [0.1, 0.15) is 28.8 Å². The van der Waals surface area contributed by atoms with E-state index in [0.717, 1.165) is 18.4 Å². The largest absolute Gasteiger partial charge is 0.355 e. The van der Waals surface area contributed by atoms with Gasteiger partial charge in [0.05, 0.1) is 10.0 Å². The normalized spacial score (nSPS) is 14.5. The minimum atomic E-state index is -3.84. The molecule has 0 atom stereocenters. The number of nitrogens with one attached hydrogen (secondary N) is 1. The van der Waals surface area contributed by atoms with E-state index in [1.807, 2.05) is 0 Å². The summed E-state index contributed by atoms with van der Waals surface area (Å²) in [6.07, 6.45) is 1.61. The first-order chi connectivity index (χ1) is 12.3. The van der Waals surface area contributed by atoms with Crippen molar-refractivity contribution < 1.29 is 13.2 Å². The Morgan fingerprint density at radius 1 is 1.12 bits per heavy atom. The third-order valence-electron chi connectivity index (χ3n) is 4.22. The molecule has 3 rings (SSSR count). The van der Waals surface area contributed by atoms with Crippen LogP contribution in [0.2, 0.25) is 10.0 Å². The molecule has 2 aromatic rings. The van der Waals surface area contributed by atoms with Gasteiger partial charge in [0.25, 0.3) is 5.91 Å². The summed E-state index contributed by atoms with van der Waals surface area (Å²) in [5, 5.41) is 2.77. The highest BCUT2D eigenvalue weighted by Crippen LogP contribution is 2.38. The summed E-state index contributed by atoms with van der Waals surface area (Å²) < 4.78 is 27.8. The molecule has 5 nitrogen and oxygen atoms in total. The van der Waals surface area contributed by atoms with Crippen molar-refractivity contribution >= 4 is 39.1 Å². The molecule has 1 fully saturated rings. The number of rotatable bonds is 6. The molecule has 0 spiro atoms. The van der Waals surface area contributed by atoms with Gasteiger partial charge in [-0.1, -0.05) is 41.4 Å². The van der Waals surface area contributed by atoms with Crippen LogP contribution < -0.4 is 5.32 Å². The molecule has 0 aliphatic heterocycles. The monoisotopic (exact) mass is 412 g/mol. The van der Waals surface area contributed by atoms with Gasteiger partial charge < -0.3 is 5.32 Å². The average molecular weight is 413 g/mol. The van der Waals surface area contributed by atoms with E-state index in [0.29, 0.717) is 5.56 Å². The van der Waals surface area contributed by atoms with Crippen LogP contribution in [-0.4, -0.2) is 31.7 Å². The fourth-order valence-electron chi connectivity index (χ4n) is 2.70. The van der Waals surface area contributed by atoms with E-state index < -0.39 is 10.0 Å². The lowest BCUT2D eigenvalue weighted by Crippen LogP contribution is -2.33. The van der Waals surface area contributed by atoms with Gasteiger partial charge in [0, 0.05) is 25.2 Å². The van der Waals surface area contributed by atoms with E-state index in [1.165, 1.54) is 16.4 Å². The maximum Gasteiger partial charge on any atom is 0.251 e. The quantitative estimate of drug-likeness (QED) is 0.785. The molecular formula is C18H18Cl2N2O3S. The Bertz CT molecular complexity index is 906. The van der Waals surface area contributed by atoms with Crippen molar-refractivity contribution in [2.24, 2.45) is 0 Å². The number of hydrogen-bond donors (Lipinski definition) is 1. The van der Waals surface area contributed by atoms with E-state index in [9.17, 15) is 13.2 Å². The summed E-state index contributed by atoms with van der Waals surface area (Å²) in [4.78, 5) is 11.6. The summed E-state index contributed by atoms with van der Waals surface area (Å²) in [5.74, 6) is -0.189. The molecule has 138 valence electrons. The van der Waals surface area contributed by atoms with Crippen molar-refractivity contribution in [2.75, 3.05) is 7.05 Å². The lowest BCUT2D eigenvalue weighted by molar-refractivity contribution is 0.0963. The number of carbonyl (C=O) groups is 1. The van der Waals surface area contributed by atoms with Crippen molar-refractivity contribution in [3.05, 3.63) is 63.6 Å². The van der Waals surface area contributed by atoms with Gasteiger partial charge in [-0.3, -0.25) is 4.79 Å². The van der Waals surface area contributed by atoms with Gasteiger partial charge in [0.15, 0.2) is 0 Å². The maximum absolute atomic E-state index is 13.2. The average Bonchev–Trinajstić information content (AvgIpc) is 3.43. The topological polar surface area (TPSA) is 66.5 Å². The van der Waals surface area contributed by atoms with Gasteiger partial charge >= 0.3 is 0 Å². The molecule has 0 unspecified atom stereocenters. The van der Waals surface area contributed by atoms with Crippen LogP contribution in [0.5, 0.6) is 0 Å². The zero-order valence-electron chi connectivity index (χ0n) is 14.1. The van der Waals surface area contributed by atoms with E-state index >= 15 is 0 Å². The molecule has 1 amide bonds. The molecule has 1 aliphatic carbocycles. The van der Waals surface area contributed by atoms with E-state index in [1.54, 1.807) is 37.4 Å². The summed E-state index contributed by atoms with van der Waals surface area (Å²) in [7, 11) is -2.28. The van der Waals surface area contributed by atoms with Crippen LogP contribution in [0.25, 0.3) is 0 Å². The van der Waals surface area contributed by atoms with Gasteiger partial charge in [0.1, 0.15) is 4.90 Å². The minimum absolute atomic E-state index is 0.0581. The second-order valence-electron chi connectivity index (χ2n) is 6.11. The lowest BCUT2D eigenvalue weighted by Gasteiger charge is -2.23. The Morgan fingerprint density at radius 2 is 1.69 bits per heavy atom. The number of carbonyl (C=O) groups excluding carboxylic acids is 1. The van der Waals surface area contributed by atoms with Crippen molar-refractivity contribution in [3.63, 3.8) is 0 Å². The van der Waals surface area contributed by atoms with Crippen molar-refractivity contribution in [3.8, 4) is 0 Å². The Hall–Kier alpha value is -1.60. The third-order valence-corrected chi connectivity index (χ3v) is 7.08. The Labute approximate surface area is 163 Å². The van der Waals surface area contributed by atoms with E-state index in [-0.39, 0.29) is 33.4 Å². The molecule has 0 aromatic heterocycles. The Balaban J connectivity index is 1.92. The zero-order chi connectivity index (χ0) is 18.9. The molecular weight excluding hydrogens is 395 g/mol. The molecule has 26 heavy (non-hydrogen) atoms. The van der Waals surface area contributed by atoms with Crippen molar-refractivity contribution in [1.29, 1.82) is 0 Å². The van der Waals surface area contributed by atoms with Crippen LogP contribution in [-0.2, 0) is 16.6 Å². The number of halogens is 2. The predicted octanol–water partition coefficient (Wildman–Crippen LogP) is 3.71. The highest BCUT2D eigenvalue weighted by Gasteiger charge is 2.39. The van der Waals surface area contributed by atoms with Crippen LogP contribution in [0.15, 0.2) is 47.4 Å². The Kier molecular flexibility index (Phi) is 5.58. The zero-order valence-corrected chi connectivity index (χ0v) is 16.4. The Morgan fingerprint density at radius 3 is 2.19 bits per heavy atom. The molecule has 1 aliphatic rings. The molecule has 1 saturated carbocycles. The summed E-state index contributed by atoms with van der Waals surface area (Å²) in [5.41, 5.74) is 1.31. The molecule has 0 radical (unpaired) electrons. The standard InChI is InChI=1S/C18H18Cl2N2O3S/c1-21-18(23)13-7-5-12(6-8-13)11-22(14-9-10-14)26(24,25)17-15(19)3-2-4-16(17)20/h2-8,14H,9-11H2,1H3,(H,21,23). The highest BCUT2D eigenvalue weighted by molar-refractivity contribution is 7.89. The minimum Gasteiger partial charge on any atom is -0.355 e. The molecule has 0 saturated heterocycles. The molecule has 0 bridgehead atoms. The SMILES string of the molecule is CNC(=O)c1ccc(CN(C2CC2)S(=O)(=O)c2c(Cl)cccc2Cl)cc1. The number of amides is 1.